The van der Waals surface area contributed by atoms with Crippen molar-refractivity contribution in [3.63, 3.8) is 0 Å². The molecule has 2 aromatic rings. The summed E-state index contributed by atoms with van der Waals surface area (Å²) < 4.78 is 11.8. The lowest BCUT2D eigenvalue weighted by molar-refractivity contribution is 0.131. The van der Waals surface area contributed by atoms with Gasteiger partial charge in [0.1, 0.15) is 18.0 Å². The number of amides is 1. The summed E-state index contributed by atoms with van der Waals surface area (Å²) in [6.07, 6.45) is -0.506. The van der Waals surface area contributed by atoms with Gasteiger partial charge in [-0.3, -0.25) is 5.32 Å². The van der Waals surface area contributed by atoms with E-state index in [1.807, 2.05) is 57.2 Å². The third-order valence-corrected chi connectivity index (χ3v) is 3.21. The molecule has 0 aliphatic rings. The number of nitrogens with one attached hydrogen (secondary N) is 1. The first kappa shape index (κ1) is 17.3. The molecule has 0 aliphatic carbocycles. The molecular weight excluding hydrogens is 358 g/mol. The first-order valence-corrected chi connectivity index (χ1v) is 8.08. The van der Waals surface area contributed by atoms with Gasteiger partial charge in [-0.2, -0.15) is 0 Å². The van der Waals surface area contributed by atoms with Gasteiger partial charge in [0, 0.05) is 16.2 Å². The summed E-state index contributed by atoms with van der Waals surface area (Å²) in [5, 5.41) is 2.71. The van der Waals surface area contributed by atoms with E-state index in [9.17, 15) is 4.79 Å². The molecule has 23 heavy (non-hydrogen) atoms. The van der Waals surface area contributed by atoms with Crippen molar-refractivity contribution >= 4 is 27.7 Å². The number of ether oxygens (including phenoxy) is 2. The molecule has 0 saturated heterocycles. The zero-order chi connectivity index (χ0) is 16.9. The third-order valence-electron chi connectivity index (χ3n) is 2.75. The van der Waals surface area contributed by atoms with Crippen LogP contribution in [0.3, 0.4) is 0 Å². The Morgan fingerprint density at radius 2 is 1.83 bits per heavy atom. The van der Waals surface area contributed by atoms with Gasteiger partial charge in [0.25, 0.3) is 0 Å². The van der Waals surface area contributed by atoms with Gasteiger partial charge in [-0.1, -0.05) is 46.3 Å². The Bertz CT molecular complexity index is 666. The van der Waals surface area contributed by atoms with Crippen molar-refractivity contribution in [3.8, 4) is 5.75 Å². The van der Waals surface area contributed by atoms with E-state index in [0.29, 0.717) is 11.4 Å². The number of carbonyl (C=O) groups is 1. The second-order valence-corrected chi connectivity index (χ2v) is 6.99. The maximum atomic E-state index is 11.9. The molecule has 0 radical (unpaired) electrons. The molecule has 4 nitrogen and oxygen atoms in total. The molecular formula is C18H20BrNO3. The van der Waals surface area contributed by atoms with Crippen LogP contribution in [0.1, 0.15) is 26.3 Å². The van der Waals surface area contributed by atoms with Crippen LogP contribution in [-0.4, -0.2) is 11.7 Å². The van der Waals surface area contributed by atoms with Gasteiger partial charge in [0.2, 0.25) is 0 Å². The summed E-state index contributed by atoms with van der Waals surface area (Å²) in [7, 11) is 0. The summed E-state index contributed by atoms with van der Waals surface area (Å²) in [6, 6.07) is 14.9. The quantitative estimate of drug-likeness (QED) is 0.778. The second-order valence-electron chi connectivity index (χ2n) is 6.08. The van der Waals surface area contributed by atoms with Crippen molar-refractivity contribution in [2.45, 2.75) is 33.0 Å². The van der Waals surface area contributed by atoms with Crippen LogP contribution in [0.4, 0.5) is 10.5 Å². The Balaban J connectivity index is 1.97. The van der Waals surface area contributed by atoms with Gasteiger partial charge in [-0.05, 0) is 38.5 Å². The lowest BCUT2D eigenvalue weighted by Crippen LogP contribution is -2.23. The van der Waals surface area contributed by atoms with Gasteiger partial charge in [0.15, 0.2) is 0 Å². The Labute approximate surface area is 144 Å². The van der Waals surface area contributed by atoms with Crippen molar-refractivity contribution < 1.29 is 14.3 Å². The summed E-state index contributed by atoms with van der Waals surface area (Å²) in [6.45, 7) is 6.13. The van der Waals surface area contributed by atoms with E-state index >= 15 is 0 Å². The molecule has 5 heteroatoms. The first-order valence-electron chi connectivity index (χ1n) is 7.29. The predicted octanol–water partition coefficient (Wildman–Crippen LogP) is 5.38. The number of rotatable bonds is 4. The minimum atomic E-state index is -0.506. The van der Waals surface area contributed by atoms with E-state index in [-0.39, 0.29) is 12.2 Å². The molecule has 0 aromatic heterocycles. The summed E-state index contributed by atoms with van der Waals surface area (Å²) in [5.41, 5.74) is 1.23. The minimum absolute atomic E-state index is 0.228. The number of benzene rings is 2. The molecule has 1 N–H and O–H groups in total. The van der Waals surface area contributed by atoms with Crippen molar-refractivity contribution in [2.24, 2.45) is 0 Å². The van der Waals surface area contributed by atoms with Crippen LogP contribution >= 0.6 is 15.9 Å². The highest BCUT2D eigenvalue weighted by molar-refractivity contribution is 9.10. The predicted molar refractivity (Wildman–Crippen MR) is 94.8 cm³/mol. The van der Waals surface area contributed by atoms with Crippen molar-refractivity contribution in [3.05, 3.63) is 58.6 Å². The van der Waals surface area contributed by atoms with Crippen molar-refractivity contribution in [2.75, 3.05) is 5.32 Å². The number of hydrogen-bond acceptors (Lipinski definition) is 3. The third kappa shape index (κ3) is 6.32. The molecule has 0 heterocycles. The number of anilines is 1. The average molecular weight is 378 g/mol. The van der Waals surface area contributed by atoms with Crippen LogP contribution in [0.5, 0.6) is 5.75 Å². The molecule has 0 fully saturated rings. The Morgan fingerprint density at radius 1 is 1.13 bits per heavy atom. The summed E-state index contributed by atoms with van der Waals surface area (Å²) >= 11 is 3.41. The summed E-state index contributed by atoms with van der Waals surface area (Å²) in [5.74, 6) is 0.672. The maximum Gasteiger partial charge on any atom is 0.411 e. The zero-order valence-corrected chi connectivity index (χ0v) is 15.0. The fourth-order valence-corrected chi connectivity index (χ4v) is 2.40. The molecule has 0 atom stereocenters. The van der Waals surface area contributed by atoms with E-state index < -0.39 is 6.09 Å². The van der Waals surface area contributed by atoms with E-state index in [1.54, 1.807) is 12.1 Å². The SMILES string of the molecule is CC(C)(C)Oc1cc(Br)cc(NC(=O)OCc2ccccc2)c1. The normalized spacial score (nSPS) is 11.0. The summed E-state index contributed by atoms with van der Waals surface area (Å²) in [4.78, 5) is 11.9. The zero-order valence-electron chi connectivity index (χ0n) is 13.4. The Kier molecular flexibility index (Phi) is 5.66. The molecule has 1 amide bonds. The smallest absolute Gasteiger partial charge is 0.411 e. The van der Waals surface area contributed by atoms with E-state index in [4.69, 9.17) is 9.47 Å². The lowest BCUT2D eigenvalue weighted by atomic mass is 10.2. The van der Waals surface area contributed by atoms with Crippen molar-refractivity contribution in [1.29, 1.82) is 0 Å². The first-order chi connectivity index (χ1) is 10.8. The topological polar surface area (TPSA) is 47.6 Å². The van der Waals surface area contributed by atoms with E-state index in [1.165, 1.54) is 0 Å². The van der Waals surface area contributed by atoms with Gasteiger partial charge in [-0.25, -0.2) is 4.79 Å². The number of carbonyl (C=O) groups excluding carboxylic acids is 1. The Hall–Kier alpha value is -2.01. The number of hydrogen-bond donors (Lipinski definition) is 1. The standard InChI is InChI=1S/C18H20BrNO3/c1-18(2,3)23-16-10-14(19)9-15(11-16)20-17(21)22-12-13-7-5-4-6-8-13/h4-11H,12H2,1-3H3,(H,20,21). The van der Waals surface area contributed by atoms with Gasteiger partial charge in [0.05, 0.1) is 0 Å². The van der Waals surface area contributed by atoms with Gasteiger partial charge >= 0.3 is 6.09 Å². The van der Waals surface area contributed by atoms with Crippen LogP contribution in [-0.2, 0) is 11.3 Å². The van der Waals surface area contributed by atoms with Crippen LogP contribution in [0.15, 0.2) is 53.0 Å². The largest absolute Gasteiger partial charge is 0.488 e. The molecule has 0 aliphatic heterocycles. The van der Waals surface area contributed by atoms with Gasteiger partial charge < -0.3 is 9.47 Å². The van der Waals surface area contributed by atoms with Crippen LogP contribution in [0.25, 0.3) is 0 Å². The minimum Gasteiger partial charge on any atom is -0.488 e. The second kappa shape index (κ2) is 7.51. The van der Waals surface area contributed by atoms with Crippen LogP contribution < -0.4 is 10.1 Å². The Morgan fingerprint density at radius 3 is 2.48 bits per heavy atom. The van der Waals surface area contributed by atoms with Gasteiger partial charge in [-0.15, -0.1) is 0 Å². The maximum absolute atomic E-state index is 11.9. The fraction of sp³-hybridized carbons (Fsp3) is 0.278. The molecule has 0 unspecified atom stereocenters. The molecule has 0 bridgehead atoms. The van der Waals surface area contributed by atoms with Crippen LogP contribution in [0.2, 0.25) is 0 Å². The highest BCUT2D eigenvalue weighted by Gasteiger charge is 2.13. The van der Waals surface area contributed by atoms with E-state index in [0.717, 1.165) is 10.0 Å². The highest BCUT2D eigenvalue weighted by Crippen LogP contribution is 2.27. The molecule has 2 aromatic carbocycles. The molecule has 2 rings (SSSR count). The average Bonchev–Trinajstić information content (AvgIpc) is 2.43. The molecule has 0 spiro atoms. The van der Waals surface area contributed by atoms with E-state index in [2.05, 4.69) is 21.2 Å². The van der Waals surface area contributed by atoms with Crippen molar-refractivity contribution in [1.82, 2.24) is 0 Å². The monoisotopic (exact) mass is 377 g/mol. The number of halogens is 1. The lowest BCUT2D eigenvalue weighted by Gasteiger charge is -2.22. The highest BCUT2D eigenvalue weighted by atomic mass is 79.9. The van der Waals surface area contributed by atoms with Crippen LogP contribution in [0, 0.1) is 0 Å². The fourth-order valence-electron chi connectivity index (χ4n) is 1.92. The molecule has 0 saturated carbocycles. The molecule has 122 valence electrons.